The van der Waals surface area contributed by atoms with Crippen molar-refractivity contribution in [3.63, 3.8) is 0 Å². The molecule has 4 N–H and O–H groups in total. The van der Waals surface area contributed by atoms with Gasteiger partial charge >= 0.3 is 0 Å². The standard InChI is InChI=1S/C12H10FN5/c13-9-4-2-1-3-8(9)10-11(17-18-12(10)14)7-5-15-16-6-7/h1-6H,(H,15,16)(H3,14,17,18). The van der Waals surface area contributed by atoms with E-state index in [1.807, 2.05) is 0 Å². The first-order valence-corrected chi connectivity index (χ1v) is 5.35. The van der Waals surface area contributed by atoms with E-state index in [9.17, 15) is 4.39 Å². The number of anilines is 1. The van der Waals surface area contributed by atoms with Crippen molar-refractivity contribution in [2.45, 2.75) is 0 Å². The number of nitrogen functional groups attached to an aromatic ring is 1. The highest BCUT2D eigenvalue weighted by atomic mass is 19.1. The number of hydrogen-bond acceptors (Lipinski definition) is 3. The van der Waals surface area contributed by atoms with Crippen molar-refractivity contribution >= 4 is 5.82 Å². The second kappa shape index (κ2) is 3.99. The van der Waals surface area contributed by atoms with Gasteiger partial charge in [0.15, 0.2) is 5.82 Å². The van der Waals surface area contributed by atoms with Crippen LogP contribution in [0.4, 0.5) is 10.2 Å². The molecule has 0 unspecified atom stereocenters. The first-order chi connectivity index (χ1) is 8.77. The average Bonchev–Trinajstić information content (AvgIpc) is 2.99. The van der Waals surface area contributed by atoms with Crippen molar-refractivity contribution in [1.29, 1.82) is 0 Å². The van der Waals surface area contributed by atoms with Crippen molar-refractivity contribution in [3.8, 4) is 22.4 Å². The fourth-order valence-corrected chi connectivity index (χ4v) is 1.89. The number of benzene rings is 1. The Bertz CT molecular complexity index is 672. The van der Waals surface area contributed by atoms with Gasteiger partial charge in [0.1, 0.15) is 5.82 Å². The third-order valence-corrected chi connectivity index (χ3v) is 2.72. The lowest BCUT2D eigenvalue weighted by atomic mass is 10.0. The van der Waals surface area contributed by atoms with Gasteiger partial charge in [-0.25, -0.2) is 4.39 Å². The van der Waals surface area contributed by atoms with Crippen LogP contribution in [0.5, 0.6) is 0 Å². The number of hydrogen-bond donors (Lipinski definition) is 3. The fraction of sp³-hybridized carbons (Fsp3) is 0. The summed E-state index contributed by atoms with van der Waals surface area (Å²) in [6.45, 7) is 0. The maximum atomic E-state index is 13.8. The van der Waals surface area contributed by atoms with Gasteiger partial charge in [-0.15, -0.1) is 0 Å². The third-order valence-electron chi connectivity index (χ3n) is 2.72. The van der Waals surface area contributed by atoms with E-state index in [1.165, 1.54) is 6.07 Å². The molecule has 0 spiro atoms. The van der Waals surface area contributed by atoms with Gasteiger partial charge in [0.05, 0.1) is 17.5 Å². The minimum Gasteiger partial charge on any atom is -0.382 e. The number of halogens is 1. The molecule has 2 aromatic heterocycles. The van der Waals surface area contributed by atoms with E-state index < -0.39 is 0 Å². The highest BCUT2D eigenvalue weighted by Gasteiger charge is 2.17. The van der Waals surface area contributed by atoms with E-state index in [2.05, 4.69) is 20.4 Å². The topological polar surface area (TPSA) is 83.4 Å². The first-order valence-electron chi connectivity index (χ1n) is 5.35. The molecule has 0 aliphatic carbocycles. The summed E-state index contributed by atoms with van der Waals surface area (Å²) in [6, 6.07) is 6.44. The van der Waals surface area contributed by atoms with E-state index in [0.717, 1.165) is 5.56 Å². The molecule has 0 amide bonds. The van der Waals surface area contributed by atoms with Gasteiger partial charge in [-0.3, -0.25) is 10.2 Å². The van der Waals surface area contributed by atoms with Crippen LogP contribution in [0, 0.1) is 5.82 Å². The van der Waals surface area contributed by atoms with Gasteiger partial charge in [-0.05, 0) is 6.07 Å². The Morgan fingerprint density at radius 3 is 2.78 bits per heavy atom. The fourth-order valence-electron chi connectivity index (χ4n) is 1.89. The van der Waals surface area contributed by atoms with Crippen molar-refractivity contribution < 1.29 is 4.39 Å². The van der Waals surface area contributed by atoms with Crippen LogP contribution in [0.3, 0.4) is 0 Å². The molecule has 90 valence electrons. The van der Waals surface area contributed by atoms with Gasteiger partial charge in [0.25, 0.3) is 0 Å². The van der Waals surface area contributed by atoms with Crippen molar-refractivity contribution in [3.05, 3.63) is 42.5 Å². The minimum absolute atomic E-state index is 0.260. The normalized spacial score (nSPS) is 10.7. The zero-order valence-electron chi connectivity index (χ0n) is 9.31. The molecule has 18 heavy (non-hydrogen) atoms. The second-order valence-electron chi connectivity index (χ2n) is 3.83. The van der Waals surface area contributed by atoms with Crippen LogP contribution in [0.2, 0.25) is 0 Å². The summed E-state index contributed by atoms with van der Waals surface area (Å²) < 4.78 is 13.8. The molecule has 1 aromatic carbocycles. The summed E-state index contributed by atoms with van der Waals surface area (Å²) >= 11 is 0. The van der Waals surface area contributed by atoms with Gasteiger partial charge < -0.3 is 5.73 Å². The molecule has 2 heterocycles. The van der Waals surface area contributed by atoms with Crippen LogP contribution >= 0.6 is 0 Å². The highest BCUT2D eigenvalue weighted by molar-refractivity contribution is 5.87. The van der Waals surface area contributed by atoms with Gasteiger partial charge in [-0.1, -0.05) is 18.2 Å². The zero-order valence-corrected chi connectivity index (χ0v) is 9.31. The van der Waals surface area contributed by atoms with E-state index in [4.69, 9.17) is 5.73 Å². The van der Waals surface area contributed by atoms with Crippen molar-refractivity contribution in [1.82, 2.24) is 20.4 Å². The Balaban J connectivity index is 2.24. The number of aromatic amines is 2. The molecule has 0 fully saturated rings. The monoisotopic (exact) mass is 243 g/mol. The molecular formula is C12H10FN5. The van der Waals surface area contributed by atoms with Crippen LogP contribution < -0.4 is 5.73 Å². The first kappa shape index (κ1) is 10.5. The zero-order chi connectivity index (χ0) is 12.5. The molecule has 3 rings (SSSR count). The quantitative estimate of drug-likeness (QED) is 0.645. The van der Waals surface area contributed by atoms with Crippen LogP contribution in [-0.2, 0) is 0 Å². The Labute approximate surface area is 102 Å². The summed E-state index contributed by atoms with van der Waals surface area (Å²) in [6.07, 6.45) is 3.31. The molecule has 0 radical (unpaired) electrons. The number of rotatable bonds is 2. The van der Waals surface area contributed by atoms with E-state index in [0.29, 0.717) is 16.8 Å². The maximum Gasteiger partial charge on any atom is 0.153 e. The summed E-state index contributed by atoms with van der Waals surface area (Å²) in [4.78, 5) is 0. The largest absolute Gasteiger partial charge is 0.382 e. The van der Waals surface area contributed by atoms with Gasteiger partial charge in [0.2, 0.25) is 0 Å². The predicted molar refractivity (Wildman–Crippen MR) is 66.0 cm³/mol. The lowest BCUT2D eigenvalue weighted by molar-refractivity contribution is 0.631. The average molecular weight is 243 g/mol. The molecule has 0 bridgehead atoms. The minimum atomic E-state index is -0.338. The summed E-state index contributed by atoms with van der Waals surface area (Å²) in [7, 11) is 0. The maximum absolute atomic E-state index is 13.8. The predicted octanol–water partition coefficient (Wildman–Crippen LogP) is 2.19. The second-order valence-corrected chi connectivity index (χ2v) is 3.83. The number of nitrogens with one attached hydrogen (secondary N) is 2. The lowest BCUT2D eigenvalue weighted by Crippen LogP contribution is -1.91. The Kier molecular flexibility index (Phi) is 2.33. The molecule has 0 aliphatic rings. The molecule has 0 aliphatic heterocycles. The van der Waals surface area contributed by atoms with Crippen LogP contribution in [-0.4, -0.2) is 20.4 Å². The van der Waals surface area contributed by atoms with Crippen LogP contribution in [0.15, 0.2) is 36.7 Å². The van der Waals surface area contributed by atoms with Crippen LogP contribution in [0.25, 0.3) is 22.4 Å². The van der Waals surface area contributed by atoms with Crippen molar-refractivity contribution in [2.75, 3.05) is 5.73 Å². The summed E-state index contributed by atoms with van der Waals surface area (Å²) in [5.41, 5.74) is 8.20. The third kappa shape index (κ3) is 1.55. The summed E-state index contributed by atoms with van der Waals surface area (Å²) in [5.74, 6) is -0.0772. The van der Waals surface area contributed by atoms with Crippen LogP contribution in [0.1, 0.15) is 0 Å². The SMILES string of the molecule is Nc1n[nH]c(-c2cn[nH]c2)c1-c1ccccc1F. The number of H-pyrrole nitrogens is 2. The van der Waals surface area contributed by atoms with E-state index in [1.54, 1.807) is 30.6 Å². The molecule has 6 heteroatoms. The molecule has 3 aromatic rings. The Morgan fingerprint density at radius 2 is 2.06 bits per heavy atom. The molecule has 0 atom stereocenters. The number of nitrogens with two attached hydrogens (primary N) is 1. The highest BCUT2D eigenvalue weighted by Crippen LogP contribution is 2.35. The molecular weight excluding hydrogens is 233 g/mol. The number of nitrogens with zero attached hydrogens (tertiary/aromatic N) is 2. The van der Waals surface area contributed by atoms with E-state index >= 15 is 0 Å². The van der Waals surface area contributed by atoms with Gasteiger partial charge in [-0.2, -0.15) is 10.2 Å². The Hall–Kier alpha value is -2.63. The van der Waals surface area contributed by atoms with Crippen molar-refractivity contribution in [2.24, 2.45) is 0 Å². The summed E-state index contributed by atoms with van der Waals surface area (Å²) in [5, 5.41) is 13.3. The molecule has 0 saturated heterocycles. The smallest absolute Gasteiger partial charge is 0.153 e. The van der Waals surface area contributed by atoms with Gasteiger partial charge in [0, 0.05) is 17.3 Å². The lowest BCUT2D eigenvalue weighted by Gasteiger charge is -2.04. The number of aromatic nitrogens is 4. The molecule has 0 saturated carbocycles. The van der Waals surface area contributed by atoms with E-state index in [-0.39, 0.29) is 11.6 Å². The molecule has 5 nitrogen and oxygen atoms in total. The Morgan fingerprint density at radius 1 is 1.22 bits per heavy atom.